The van der Waals surface area contributed by atoms with Crippen molar-refractivity contribution in [3.05, 3.63) is 35.9 Å². The number of carbonyl (C=O) groups is 1. The van der Waals surface area contributed by atoms with Gasteiger partial charge >= 0.3 is 0 Å². The van der Waals surface area contributed by atoms with Crippen LogP contribution in [-0.4, -0.2) is 11.4 Å². The molecular weight excluding hydrogens is 236 g/mol. The first kappa shape index (κ1) is 14.1. The molecule has 0 radical (unpaired) electrons. The Labute approximate surface area is 115 Å². The van der Waals surface area contributed by atoms with Gasteiger partial charge in [-0.3, -0.25) is 4.79 Å². The van der Waals surface area contributed by atoms with E-state index in [4.69, 9.17) is 5.73 Å². The van der Waals surface area contributed by atoms with Crippen LogP contribution in [0.2, 0.25) is 0 Å². The highest BCUT2D eigenvalue weighted by Crippen LogP contribution is 2.31. The van der Waals surface area contributed by atoms with Gasteiger partial charge in [-0.1, -0.05) is 44.2 Å². The van der Waals surface area contributed by atoms with Gasteiger partial charge in [-0.05, 0) is 37.2 Å². The molecule has 1 aromatic carbocycles. The number of rotatable bonds is 5. The summed E-state index contributed by atoms with van der Waals surface area (Å²) >= 11 is 0. The van der Waals surface area contributed by atoms with Crippen molar-refractivity contribution < 1.29 is 4.79 Å². The van der Waals surface area contributed by atoms with Crippen molar-refractivity contribution in [3.8, 4) is 0 Å². The maximum atomic E-state index is 12.3. The molecule has 1 amide bonds. The van der Waals surface area contributed by atoms with Crippen LogP contribution in [-0.2, 0) is 4.79 Å². The highest BCUT2D eigenvalue weighted by Gasteiger charge is 2.40. The van der Waals surface area contributed by atoms with E-state index in [-0.39, 0.29) is 11.9 Å². The van der Waals surface area contributed by atoms with Gasteiger partial charge in [0.15, 0.2) is 0 Å². The van der Waals surface area contributed by atoms with Crippen molar-refractivity contribution in [2.24, 2.45) is 11.7 Å². The van der Waals surface area contributed by atoms with E-state index in [0.717, 1.165) is 31.2 Å². The molecule has 2 rings (SSSR count). The topological polar surface area (TPSA) is 55.1 Å². The Kier molecular flexibility index (Phi) is 4.25. The van der Waals surface area contributed by atoms with E-state index in [1.54, 1.807) is 0 Å². The van der Waals surface area contributed by atoms with Crippen molar-refractivity contribution in [2.75, 3.05) is 0 Å². The van der Waals surface area contributed by atoms with Crippen LogP contribution in [0.5, 0.6) is 0 Å². The summed E-state index contributed by atoms with van der Waals surface area (Å²) in [6.07, 6.45) is 3.61. The average molecular weight is 260 g/mol. The Morgan fingerprint density at radius 1 is 1.32 bits per heavy atom. The van der Waals surface area contributed by atoms with Crippen LogP contribution >= 0.6 is 0 Å². The second-order valence-corrected chi connectivity index (χ2v) is 6.08. The Balaban J connectivity index is 2.08. The molecule has 1 aliphatic carbocycles. The van der Waals surface area contributed by atoms with Gasteiger partial charge in [-0.25, -0.2) is 0 Å². The lowest BCUT2D eigenvalue weighted by Gasteiger charge is -2.37. The molecule has 1 saturated carbocycles. The lowest BCUT2D eigenvalue weighted by Crippen LogP contribution is -2.59. The van der Waals surface area contributed by atoms with Gasteiger partial charge in [-0.2, -0.15) is 0 Å². The van der Waals surface area contributed by atoms with E-state index in [0.29, 0.717) is 5.92 Å². The average Bonchev–Trinajstić information content (AvgIpc) is 2.35. The van der Waals surface area contributed by atoms with E-state index in [9.17, 15) is 4.79 Å². The van der Waals surface area contributed by atoms with Crippen LogP contribution in [0, 0.1) is 5.92 Å². The molecule has 0 heterocycles. The number of benzene rings is 1. The first-order chi connectivity index (χ1) is 9.01. The van der Waals surface area contributed by atoms with Crippen LogP contribution in [0.3, 0.4) is 0 Å². The Bertz CT molecular complexity index is 424. The van der Waals surface area contributed by atoms with Crippen molar-refractivity contribution in [1.29, 1.82) is 0 Å². The largest absolute Gasteiger partial charge is 0.348 e. The fraction of sp³-hybridized carbons (Fsp3) is 0.562. The molecule has 3 N–H and O–H groups in total. The minimum Gasteiger partial charge on any atom is -0.348 e. The van der Waals surface area contributed by atoms with Gasteiger partial charge < -0.3 is 11.1 Å². The SMILES string of the molecule is CC(C)CC(NC(=O)C1(N)CCC1)c1ccccc1. The molecule has 3 heteroatoms. The number of nitrogens with one attached hydrogen (secondary N) is 1. The third-order valence-corrected chi connectivity index (χ3v) is 3.91. The molecule has 0 aliphatic heterocycles. The van der Waals surface area contributed by atoms with Crippen molar-refractivity contribution >= 4 is 5.91 Å². The quantitative estimate of drug-likeness (QED) is 0.855. The Morgan fingerprint density at radius 2 is 1.95 bits per heavy atom. The normalized spacial score (nSPS) is 18.7. The van der Waals surface area contributed by atoms with Gasteiger partial charge in [0, 0.05) is 0 Å². The predicted molar refractivity (Wildman–Crippen MR) is 77.6 cm³/mol. The molecule has 0 saturated heterocycles. The van der Waals surface area contributed by atoms with Crippen molar-refractivity contribution in [3.63, 3.8) is 0 Å². The van der Waals surface area contributed by atoms with Crippen LogP contribution < -0.4 is 11.1 Å². The fourth-order valence-corrected chi connectivity index (χ4v) is 2.52. The van der Waals surface area contributed by atoms with E-state index in [1.165, 1.54) is 0 Å². The van der Waals surface area contributed by atoms with Gasteiger partial charge in [0.25, 0.3) is 0 Å². The smallest absolute Gasteiger partial charge is 0.240 e. The summed E-state index contributed by atoms with van der Waals surface area (Å²) in [6, 6.07) is 10.2. The molecular formula is C16H24N2O. The van der Waals surface area contributed by atoms with Crippen LogP contribution in [0.15, 0.2) is 30.3 Å². The fourth-order valence-electron chi connectivity index (χ4n) is 2.52. The van der Waals surface area contributed by atoms with E-state index in [2.05, 4.69) is 31.3 Å². The third-order valence-electron chi connectivity index (χ3n) is 3.91. The van der Waals surface area contributed by atoms with E-state index >= 15 is 0 Å². The molecule has 0 spiro atoms. The molecule has 19 heavy (non-hydrogen) atoms. The number of hydrogen-bond acceptors (Lipinski definition) is 2. The lowest BCUT2D eigenvalue weighted by molar-refractivity contribution is -0.130. The van der Waals surface area contributed by atoms with Crippen LogP contribution in [0.4, 0.5) is 0 Å². The van der Waals surface area contributed by atoms with Gasteiger partial charge in [0.1, 0.15) is 0 Å². The first-order valence-corrected chi connectivity index (χ1v) is 7.16. The zero-order valence-corrected chi connectivity index (χ0v) is 11.9. The Morgan fingerprint density at radius 3 is 2.42 bits per heavy atom. The molecule has 3 nitrogen and oxygen atoms in total. The summed E-state index contributed by atoms with van der Waals surface area (Å²) in [4.78, 5) is 12.3. The highest BCUT2D eigenvalue weighted by molar-refractivity contribution is 5.87. The van der Waals surface area contributed by atoms with E-state index in [1.807, 2.05) is 18.2 Å². The summed E-state index contributed by atoms with van der Waals surface area (Å²) in [5.74, 6) is 0.536. The molecule has 1 aliphatic rings. The highest BCUT2D eigenvalue weighted by atomic mass is 16.2. The van der Waals surface area contributed by atoms with Gasteiger partial charge in [0.05, 0.1) is 11.6 Å². The second kappa shape index (κ2) is 5.74. The molecule has 1 fully saturated rings. The molecule has 0 bridgehead atoms. The van der Waals surface area contributed by atoms with Gasteiger partial charge in [-0.15, -0.1) is 0 Å². The molecule has 1 atom stereocenters. The monoisotopic (exact) mass is 260 g/mol. The molecule has 104 valence electrons. The minimum atomic E-state index is -0.621. The minimum absolute atomic E-state index is 0.00764. The van der Waals surface area contributed by atoms with Gasteiger partial charge in [0.2, 0.25) is 5.91 Å². The zero-order chi connectivity index (χ0) is 13.9. The summed E-state index contributed by atoms with van der Waals surface area (Å²) in [7, 11) is 0. The van der Waals surface area contributed by atoms with Crippen LogP contribution in [0.1, 0.15) is 51.1 Å². The molecule has 0 aromatic heterocycles. The van der Waals surface area contributed by atoms with Crippen LogP contribution in [0.25, 0.3) is 0 Å². The van der Waals surface area contributed by atoms with Crippen molar-refractivity contribution in [2.45, 2.75) is 51.1 Å². The summed E-state index contributed by atoms with van der Waals surface area (Å²) < 4.78 is 0. The summed E-state index contributed by atoms with van der Waals surface area (Å²) in [5, 5.41) is 3.14. The molecule has 1 unspecified atom stereocenters. The number of carbonyl (C=O) groups excluding carboxylic acids is 1. The number of nitrogens with two attached hydrogens (primary N) is 1. The molecule has 1 aromatic rings. The van der Waals surface area contributed by atoms with Crippen molar-refractivity contribution in [1.82, 2.24) is 5.32 Å². The summed E-state index contributed by atoms with van der Waals surface area (Å²) in [6.45, 7) is 4.34. The second-order valence-electron chi connectivity index (χ2n) is 6.08. The number of hydrogen-bond donors (Lipinski definition) is 2. The number of amides is 1. The maximum absolute atomic E-state index is 12.3. The zero-order valence-electron chi connectivity index (χ0n) is 11.9. The lowest BCUT2D eigenvalue weighted by atomic mass is 9.76. The predicted octanol–water partition coefficient (Wildman–Crippen LogP) is 2.77. The maximum Gasteiger partial charge on any atom is 0.240 e. The standard InChI is InChI=1S/C16H24N2O/c1-12(2)11-14(13-7-4-3-5-8-13)18-15(19)16(17)9-6-10-16/h3-5,7-8,12,14H,6,9-11,17H2,1-2H3,(H,18,19). The summed E-state index contributed by atoms with van der Waals surface area (Å²) in [5.41, 5.74) is 6.63. The third kappa shape index (κ3) is 3.35. The first-order valence-electron chi connectivity index (χ1n) is 7.16. The van der Waals surface area contributed by atoms with E-state index < -0.39 is 5.54 Å². The Hall–Kier alpha value is -1.35.